The Labute approximate surface area is 402 Å². The van der Waals surface area contributed by atoms with E-state index >= 15 is 0 Å². The van der Waals surface area contributed by atoms with Crippen molar-refractivity contribution in [3.63, 3.8) is 0 Å². The molecule has 12 rings (SSSR count). The molecule has 0 saturated carbocycles. The number of nitrogens with zero attached hydrogens (tertiary/aromatic N) is 4. The first-order valence-electron chi connectivity index (χ1n) is 23.8. The fourth-order valence-electron chi connectivity index (χ4n) is 13.5. The van der Waals surface area contributed by atoms with Crippen LogP contribution in [0.3, 0.4) is 0 Å². The van der Waals surface area contributed by atoms with E-state index in [0.29, 0.717) is 25.3 Å². The third-order valence-corrected chi connectivity index (χ3v) is 16.4. The summed E-state index contributed by atoms with van der Waals surface area (Å²) in [7, 11) is 0. The summed E-state index contributed by atoms with van der Waals surface area (Å²) in [5, 5.41) is 5.10. The summed E-state index contributed by atoms with van der Waals surface area (Å²) in [6, 6.07) is 37.1. The van der Waals surface area contributed by atoms with E-state index in [1.54, 1.807) is 0 Å². The molecular formula is C56H66Br2N4O2. The van der Waals surface area contributed by atoms with Gasteiger partial charge in [-0.1, -0.05) is 86.7 Å². The van der Waals surface area contributed by atoms with Crippen LogP contribution in [0.4, 0.5) is 0 Å². The number of hydrogen-bond acceptors (Lipinski definition) is 4. The molecular weight excluding hydrogens is 920 g/mol. The Bertz CT molecular complexity index is 2400. The summed E-state index contributed by atoms with van der Waals surface area (Å²) >= 11 is 0. The van der Waals surface area contributed by atoms with Gasteiger partial charge in [0.1, 0.15) is 37.4 Å². The number of benzene rings is 4. The predicted molar refractivity (Wildman–Crippen MR) is 253 cm³/mol. The Morgan fingerprint density at radius 2 is 1.06 bits per heavy atom. The zero-order chi connectivity index (χ0) is 42.3. The van der Waals surface area contributed by atoms with Crippen LogP contribution in [0.15, 0.2) is 135 Å². The number of piperidine rings is 6. The predicted octanol–water partition coefficient (Wildman–Crippen LogP) is 6.10. The lowest BCUT2D eigenvalue weighted by Gasteiger charge is -2.59. The Morgan fingerprint density at radius 3 is 1.50 bits per heavy atom. The second-order valence-corrected chi connectivity index (χ2v) is 19.5. The van der Waals surface area contributed by atoms with Crippen molar-refractivity contribution in [2.45, 2.75) is 89.8 Å². The average molecular weight is 987 g/mol. The number of aromatic nitrogens is 2. The van der Waals surface area contributed by atoms with Crippen molar-refractivity contribution >= 4 is 32.6 Å². The quantitative estimate of drug-likeness (QED) is 0.0870. The average Bonchev–Trinajstić information content (AvgIpc) is 3.32. The largest absolute Gasteiger partial charge is 1.00 e. The van der Waals surface area contributed by atoms with Gasteiger partial charge in [0.05, 0.1) is 50.4 Å². The standard InChI is InChI=1S/C56H66N4O2.2BrH/c1-5-29-61-55(49-21-25-57-51-15-11-9-13-47(49)51)53-33-44-23-27-59(53,37-41(44)7-3)35-39-17-19-43-20-18-40(32-46(43)31-39)36-60-28-24-45(42(8-4)38-60)34-54(60)56(62-30-6-2)50-22-26-58-52-16-12-10-14-48(50)52;;/h5-6,9-22,25-26,31-32,41-42,44-45,53-56H,1-2,7-8,23-24,27-30,33-38H2,3-4H3;2*1H/q+2;;/p-2/t41-,42-,44-,45-,53-,54-,55+,56+,59?,60?;;/m0../s1. The monoisotopic (exact) mass is 984 g/mol. The summed E-state index contributed by atoms with van der Waals surface area (Å²) in [4.78, 5) is 9.51. The lowest BCUT2D eigenvalue weighted by atomic mass is 9.70. The van der Waals surface area contributed by atoms with Gasteiger partial charge in [-0.15, -0.1) is 13.2 Å². The van der Waals surface area contributed by atoms with Gasteiger partial charge >= 0.3 is 0 Å². The Kier molecular flexibility index (Phi) is 14.6. The number of para-hydroxylation sites is 2. The van der Waals surface area contributed by atoms with E-state index in [-0.39, 0.29) is 46.2 Å². The van der Waals surface area contributed by atoms with Crippen molar-refractivity contribution in [3.05, 3.63) is 157 Å². The highest BCUT2D eigenvalue weighted by Gasteiger charge is 2.56. The van der Waals surface area contributed by atoms with Gasteiger partial charge in [-0.2, -0.15) is 0 Å². The van der Waals surface area contributed by atoms with Crippen LogP contribution < -0.4 is 34.0 Å². The molecule has 2 aromatic heterocycles. The molecule has 0 amide bonds. The molecule has 8 heteroatoms. The highest BCUT2D eigenvalue weighted by molar-refractivity contribution is 5.84. The number of halogens is 2. The number of hydrogen-bond donors (Lipinski definition) is 0. The number of pyridine rings is 2. The van der Waals surface area contributed by atoms with Gasteiger partial charge in [0.2, 0.25) is 0 Å². The zero-order valence-corrected chi connectivity index (χ0v) is 41.0. The minimum atomic E-state index is -0.0273. The van der Waals surface area contributed by atoms with Crippen molar-refractivity contribution in [1.82, 2.24) is 9.97 Å². The van der Waals surface area contributed by atoms with Crippen molar-refractivity contribution in [3.8, 4) is 0 Å². The summed E-state index contributed by atoms with van der Waals surface area (Å²) in [6.07, 6.45) is 15.2. The van der Waals surface area contributed by atoms with Gasteiger partial charge in [-0.3, -0.25) is 9.97 Å². The molecule has 4 aromatic carbocycles. The van der Waals surface area contributed by atoms with Crippen molar-refractivity contribution in [2.24, 2.45) is 23.7 Å². The number of quaternary nitrogens is 2. The second-order valence-electron chi connectivity index (χ2n) is 19.5. The normalized spacial score (nSPS) is 28.0. The third-order valence-electron chi connectivity index (χ3n) is 16.4. The van der Waals surface area contributed by atoms with Crippen molar-refractivity contribution in [1.29, 1.82) is 0 Å². The molecule has 0 N–H and O–H groups in total. The Hall–Kier alpha value is -3.76. The van der Waals surface area contributed by atoms with Gasteiger partial charge in [0.25, 0.3) is 0 Å². The lowest BCUT2D eigenvalue weighted by Crippen LogP contribution is -3.00. The highest BCUT2D eigenvalue weighted by atomic mass is 79.9. The minimum Gasteiger partial charge on any atom is -1.00 e. The SMILES string of the molecule is C=CCO[C@H](c1ccnc2ccccc12)[C@@H]1C[C@@H]2CC[N+]1(Cc1ccc3ccc(C[N+]45CC[C@@H](C[C@H]4[C@H](OCC=C)c4ccnc6ccccc46)[C@@H](CC)C5)cc3c1)C[C@@H]2CC.[Br-].[Br-]. The summed E-state index contributed by atoms with van der Waals surface area (Å²) in [5.74, 6) is 2.98. The molecule has 6 nitrogen and oxygen atoms in total. The van der Waals surface area contributed by atoms with Crippen LogP contribution >= 0.6 is 0 Å². The van der Waals surface area contributed by atoms with Crippen LogP contribution in [0.1, 0.15) is 86.8 Å². The van der Waals surface area contributed by atoms with Gasteiger partial charge in [-0.25, -0.2) is 0 Å². The molecule has 8 heterocycles. The van der Waals surface area contributed by atoms with Crippen LogP contribution in [0, 0.1) is 23.7 Å². The molecule has 0 aliphatic carbocycles. The molecule has 10 atom stereocenters. The molecule has 64 heavy (non-hydrogen) atoms. The molecule has 4 bridgehead atoms. The molecule has 6 saturated heterocycles. The van der Waals surface area contributed by atoms with Gasteiger partial charge in [0.15, 0.2) is 0 Å². The fraction of sp³-hybridized carbons (Fsp3) is 0.429. The van der Waals surface area contributed by atoms with E-state index < -0.39 is 0 Å². The Balaban J connectivity index is 0.00000280. The van der Waals surface area contributed by atoms with E-state index in [1.807, 2.05) is 24.5 Å². The molecule has 0 radical (unpaired) electrons. The first-order chi connectivity index (χ1) is 30.4. The van der Waals surface area contributed by atoms with E-state index in [4.69, 9.17) is 19.4 Å². The highest BCUT2D eigenvalue weighted by Crippen LogP contribution is 2.51. The Morgan fingerprint density at radius 1 is 0.609 bits per heavy atom. The molecule has 6 aromatic rings. The number of ether oxygens (including phenoxy) is 2. The second kappa shape index (κ2) is 20.0. The van der Waals surface area contributed by atoms with Gasteiger partial charge < -0.3 is 52.4 Å². The zero-order valence-electron chi connectivity index (χ0n) is 37.8. The summed E-state index contributed by atoms with van der Waals surface area (Å²) in [5.41, 5.74) is 7.51. The summed E-state index contributed by atoms with van der Waals surface area (Å²) in [6.45, 7) is 20.9. The third kappa shape index (κ3) is 8.68. The van der Waals surface area contributed by atoms with Crippen LogP contribution in [-0.4, -0.2) is 70.4 Å². The van der Waals surface area contributed by atoms with E-state index in [9.17, 15) is 0 Å². The van der Waals surface area contributed by atoms with Crippen molar-refractivity contribution < 1.29 is 52.4 Å². The first kappa shape index (κ1) is 46.8. The number of rotatable bonds is 16. The van der Waals surface area contributed by atoms with Crippen LogP contribution in [0.2, 0.25) is 0 Å². The lowest BCUT2D eigenvalue weighted by molar-refractivity contribution is -0.986. The molecule has 6 aliphatic heterocycles. The molecule has 336 valence electrons. The van der Waals surface area contributed by atoms with E-state index in [0.717, 1.165) is 56.8 Å². The smallest absolute Gasteiger partial charge is 0.135 e. The van der Waals surface area contributed by atoms with E-state index in [1.165, 1.54) is 109 Å². The maximum absolute atomic E-state index is 6.92. The van der Waals surface area contributed by atoms with Gasteiger partial charge in [0, 0.05) is 71.8 Å². The van der Waals surface area contributed by atoms with Crippen LogP contribution in [0.25, 0.3) is 32.6 Å². The number of fused-ring (bicyclic) bond motifs is 9. The summed E-state index contributed by atoms with van der Waals surface area (Å²) < 4.78 is 16.0. The molecule has 2 unspecified atom stereocenters. The topological polar surface area (TPSA) is 44.2 Å². The van der Waals surface area contributed by atoms with Crippen LogP contribution in [0.5, 0.6) is 0 Å². The van der Waals surface area contributed by atoms with Crippen molar-refractivity contribution in [2.75, 3.05) is 39.4 Å². The first-order valence-corrected chi connectivity index (χ1v) is 23.8. The molecule has 0 spiro atoms. The molecule has 6 aliphatic rings. The van der Waals surface area contributed by atoms with Gasteiger partial charge in [-0.05, 0) is 83.0 Å². The van der Waals surface area contributed by atoms with E-state index in [2.05, 4.69) is 124 Å². The maximum Gasteiger partial charge on any atom is 0.135 e. The van der Waals surface area contributed by atoms with Crippen LogP contribution in [-0.2, 0) is 22.6 Å². The molecule has 6 fully saturated rings. The minimum absolute atomic E-state index is 0. The maximum atomic E-state index is 6.92. The fourth-order valence-corrected chi connectivity index (χ4v) is 13.5.